The van der Waals surface area contributed by atoms with Crippen molar-refractivity contribution in [2.45, 2.75) is 39.7 Å². The molecule has 0 spiro atoms. The summed E-state index contributed by atoms with van der Waals surface area (Å²) in [6, 6.07) is 5.97. The molecule has 6 nitrogen and oxygen atoms in total. The maximum Gasteiger partial charge on any atom is 0.255 e. The lowest BCUT2D eigenvalue weighted by atomic mass is 10.0. The van der Waals surface area contributed by atoms with E-state index in [0.717, 1.165) is 12.0 Å². The lowest BCUT2D eigenvalue weighted by molar-refractivity contribution is 0.0930. The molecule has 1 aromatic carbocycles. The highest BCUT2D eigenvalue weighted by molar-refractivity contribution is 5.97. The summed E-state index contributed by atoms with van der Waals surface area (Å²) in [5.74, 6) is -0.277. The van der Waals surface area contributed by atoms with Gasteiger partial charge in [0, 0.05) is 0 Å². The van der Waals surface area contributed by atoms with Gasteiger partial charge in [-0.15, -0.1) is 0 Å². The summed E-state index contributed by atoms with van der Waals surface area (Å²) in [7, 11) is 0. The summed E-state index contributed by atoms with van der Waals surface area (Å²) in [5.41, 5.74) is 7.92. The molecule has 128 valence electrons. The number of nitrogens with one attached hydrogen (secondary N) is 1. The summed E-state index contributed by atoms with van der Waals surface area (Å²) in [4.78, 5) is 16.9. The fraction of sp³-hybridized carbons (Fsp3) is 0.333. The molecule has 24 heavy (non-hydrogen) atoms. The van der Waals surface area contributed by atoms with Crippen molar-refractivity contribution in [1.29, 1.82) is 0 Å². The Morgan fingerprint density at radius 2 is 1.96 bits per heavy atom. The molecule has 0 radical (unpaired) electrons. The highest BCUT2D eigenvalue weighted by Crippen LogP contribution is 2.28. The Hall–Kier alpha value is -2.76. The van der Waals surface area contributed by atoms with Crippen molar-refractivity contribution in [2.24, 2.45) is 0 Å². The molecule has 0 saturated carbocycles. The summed E-state index contributed by atoms with van der Waals surface area (Å²) < 4.78 is 0. The minimum Gasteiger partial charge on any atom is -0.508 e. The van der Waals surface area contributed by atoms with E-state index in [1.54, 1.807) is 13.0 Å². The highest BCUT2D eigenvalue weighted by Gasteiger charge is 2.20. The van der Waals surface area contributed by atoms with E-state index in [4.69, 9.17) is 5.73 Å². The number of aryl methyl sites for hydroxylation is 2. The zero-order valence-corrected chi connectivity index (χ0v) is 14.1. The van der Waals surface area contributed by atoms with Crippen molar-refractivity contribution in [3.05, 3.63) is 46.6 Å². The van der Waals surface area contributed by atoms with Gasteiger partial charge < -0.3 is 21.3 Å². The second-order valence-corrected chi connectivity index (χ2v) is 5.97. The predicted octanol–water partition coefficient (Wildman–Crippen LogP) is 2.96. The molecule has 2 rings (SSSR count). The molecule has 2 aromatic rings. The van der Waals surface area contributed by atoms with Crippen LogP contribution in [0, 0.1) is 13.8 Å². The molecule has 1 heterocycles. The van der Waals surface area contributed by atoms with E-state index < -0.39 is 5.91 Å². The number of aromatic nitrogens is 1. The smallest absolute Gasteiger partial charge is 0.255 e. The number of carbonyl (C=O) groups is 1. The number of nitrogens with two attached hydrogens (primary N) is 1. The third kappa shape index (κ3) is 3.95. The molecule has 6 heteroatoms. The predicted molar refractivity (Wildman–Crippen MR) is 93.0 cm³/mol. The third-order valence-corrected chi connectivity index (χ3v) is 3.78. The number of carbonyl (C=O) groups excluding carboxylic acids is 1. The molecule has 0 saturated heterocycles. The zero-order valence-electron chi connectivity index (χ0n) is 14.1. The Bertz CT molecular complexity index is 739. The van der Waals surface area contributed by atoms with Crippen molar-refractivity contribution < 1.29 is 15.0 Å². The van der Waals surface area contributed by atoms with Gasteiger partial charge >= 0.3 is 0 Å². The van der Waals surface area contributed by atoms with E-state index >= 15 is 0 Å². The number of phenols is 2. The van der Waals surface area contributed by atoms with E-state index in [2.05, 4.69) is 10.3 Å². The quantitative estimate of drug-likeness (QED) is 0.631. The number of rotatable bonds is 5. The van der Waals surface area contributed by atoms with Crippen molar-refractivity contribution in [1.82, 2.24) is 10.3 Å². The number of hydrogen-bond donors (Lipinski definition) is 4. The minimum atomic E-state index is -0.466. The molecule has 0 aliphatic heterocycles. The molecule has 1 amide bonds. The van der Waals surface area contributed by atoms with Gasteiger partial charge in [-0.2, -0.15) is 0 Å². The number of nitrogen functional groups attached to an aromatic ring is 1. The summed E-state index contributed by atoms with van der Waals surface area (Å²) in [6.07, 6.45) is 1.52. The number of phenolic OH excluding ortho intramolecular Hbond substituents is 2. The van der Waals surface area contributed by atoms with Crippen molar-refractivity contribution >= 4 is 11.7 Å². The molecular weight excluding hydrogens is 306 g/mol. The van der Waals surface area contributed by atoms with Crippen LogP contribution in [0.4, 0.5) is 5.82 Å². The van der Waals surface area contributed by atoms with E-state index in [1.807, 2.05) is 19.9 Å². The summed E-state index contributed by atoms with van der Waals surface area (Å²) in [5, 5.41) is 22.6. The molecular formula is C18H23N3O3. The first kappa shape index (κ1) is 17.6. The second-order valence-electron chi connectivity index (χ2n) is 5.97. The lowest BCUT2D eigenvalue weighted by Crippen LogP contribution is -2.29. The maximum absolute atomic E-state index is 12.6. The molecule has 1 atom stereocenters. The highest BCUT2D eigenvalue weighted by atomic mass is 16.3. The third-order valence-electron chi connectivity index (χ3n) is 3.78. The standard InChI is InChI=1S/C18H23N3O3/c1-4-5-14(15-6-10(2)7-16(19)20-15)21-18(24)13-9-12(22)8-11(3)17(13)23/h6-9,14,22-23H,4-5H2,1-3H3,(H2,19,20)(H,21,24). The van der Waals surface area contributed by atoms with E-state index in [0.29, 0.717) is 23.5 Å². The molecule has 1 unspecified atom stereocenters. The number of nitrogens with zero attached hydrogens (tertiary/aromatic N) is 1. The Labute approximate surface area is 141 Å². The maximum atomic E-state index is 12.6. The second kappa shape index (κ2) is 7.21. The summed E-state index contributed by atoms with van der Waals surface area (Å²) >= 11 is 0. The van der Waals surface area contributed by atoms with Gasteiger partial charge in [-0.1, -0.05) is 13.3 Å². The van der Waals surface area contributed by atoms with Crippen LogP contribution >= 0.6 is 0 Å². The Balaban J connectivity index is 2.32. The van der Waals surface area contributed by atoms with Crippen LogP contribution in [0.1, 0.15) is 53.0 Å². The van der Waals surface area contributed by atoms with Crippen LogP contribution in [0.2, 0.25) is 0 Å². The van der Waals surface area contributed by atoms with Crippen LogP contribution in [0.25, 0.3) is 0 Å². The first-order valence-corrected chi connectivity index (χ1v) is 7.89. The van der Waals surface area contributed by atoms with Gasteiger partial charge in [0.05, 0.1) is 17.3 Å². The van der Waals surface area contributed by atoms with Crippen molar-refractivity contribution in [3.63, 3.8) is 0 Å². The van der Waals surface area contributed by atoms with Gasteiger partial charge in [-0.05, 0) is 55.7 Å². The fourth-order valence-corrected chi connectivity index (χ4v) is 2.65. The van der Waals surface area contributed by atoms with E-state index in [1.165, 1.54) is 12.1 Å². The van der Waals surface area contributed by atoms with E-state index in [9.17, 15) is 15.0 Å². The van der Waals surface area contributed by atoms with Gasteiger partial charge in [0.1, 0.15) is 17.3 Å². The lowest BCUT2D eigenvalue weighted by Gasteiger charge is -2.19. The van der Waals surface area contributed by atoms with Crippen LogP contribution in [0.3, 0.4) is 0 Å². The van der Waals surface area contributed by atoms with Crippen LogP contribution in [-0.2, 0) is 0 Å². The summed E-state index contributed by atoms with van der Waals surface area (Å²) in [6.45, 7) is 5.54. The monoisotopic (exact) mass is 329 g/mol. The Kier molecular flexibility index (Phi) is 5.28. The van der Waals surface area contributed by atoms with Gasteiger partial charge in [-0.25, -0.2) is 4.98 Å². The molecule has 0 fully saturated rings. The Morgan fingerprint density at radius 1 is 1.25 bits per heavy atom. The topological polar surface area (TPSA) is 108 Å². The first-order chi connectivity index (χ1) is 11.3. The van der Waals surface area contributed by atoms with Gasteiger partial charge in [-0.3, -0.25) is 4.79 Å². The number of amides is 1. The minimum absolute atomic E-state index is 0.0363. The zero-order chi connectivity index (χ0) is 17.9. The van der Waals surface area contributed by atoms with Gasteiger partial charge in [0.2, 0.25) is 0 Å². The molecule has 0 aliphatic rings. The number of aromatic hydroxyl groups is 2. The normalized spacial score (nSPS) is 12.0. The Morgan fingerprint density at radius 3 is 2.58 bits per heavy atom. The van der Waals surface area contributed by atoms with Crippen LogP contribution in [0.5, 0.6) is 11.5 Å². The number of anilines is 1. The average Bonchev–Trinajstić information content (AvgIpc) is 2.49. The van der Waals surface area contributed by atoms with Crippen LogP contribution in [-0.4, -0.2) is 21.1 Å². The van der Waals surface area contributed by atoms with Crippen molar-refractivity contribution in [2.75, 3.05) is 5.73 Å². The van der Waals surface area contributed by atoms with Crippen LogP contribution < -0.4 is 11.1 Å². The molecule has 1 aromatic heterocycles. The van der Waals surface area contributed by atoms with Crippen LogP contribution in [0.15, 0.2) is 24.3 Å². The van der Waals surface area contributed by atoms with E-state index in [-0.39, 0.29) is 23.1 Å². The molecule has 0 bridgehead atoms. The molecule has 5 N–H and O–H groups in total. The van der Waals surface area contributed by atoms with Gasteiger partial charge in [0.15, 0.2) is 0 Å². The fourth-order valence-electron chi connectivity index (χ4n) is 2.65. The average molecular weight is 329 g/mol. The molecule has 0 aliphatic carbocycles. The van der Waals surface area contributed by atoms with Gasteiger partial charge in [0.25, 0.3) is 5.91 Å². The number of hydrogen-bond acceptors (Lipinski definition) is 5. The number of benzene rings is 1. The first-order valence-electron chi connectivity index (χ1n) is 7.89. The SMILES string of the molecule is CCCC(NC(=O)c1cc(O)cc(C)c1O)c1cc(C)cc(N)n1. The van der Waals surface area contributed by atoms with Crippen molar-refractivity contribution in [3.8, 4) is 11.5 Å². The largest absolute Gasteiger partial charge is 0.508 e. The number of pyridine rings is 1.